The zero-order valence-corrected chi connectivity index (χ0v) is 13.4. The van der Waals surface area contributed by atoms with Gasteiger partial charge in [-0.15, -0.1) is 0 Å². The van der Waals surface area contributed by atoms with Gasteiger partial charge in [-0.1, -0.05) is 13.8 Å². The van der Waals surface area contributed by atoms with Crippen LogP contribution in [0.3, 0.4) is 0 Å². The Hall–Kier alpha value is -0.170. The van der Waals surface area contributed by atoms with Crippen LogP contribution in [0.1, 0.15) is 40.5 Å². The van der Waals surface area contributed by atoms with Crippen LogP contribution in [0, 0.1) is 0 Å². The topological polar surface area (TPSA) is 58.6 Å². The molecule has 1 heterocycles. The molecule has 1 rings (SSSR count). The van der Waals surface area contributed by atoms with Gasteiger partial charge in [0, 0.05) is 19.1 Å². The van der Waals surface area contributed by atoms with E-state index in [1.165, 1.54) is 0 Å². The van der Waals surface area contributed by atoms with Crippen molar-refractivity contribution in [1.29, 1.82) is 0 Å². The second-order valence-electron chi connectivity index (χ2n) is 5.71. The molecule has 1 fully saturated rings. The van der Waals surface area contributed by atoms with Gasteiger partial charge in [-0.05, 0) is 33.2 Å². The molecule has 0 bridgehead atoms. The van der Waals surface area contributed by atoms with Gasteiger partial charge in [0.2, 0.25) is 10.0 Å². The zero-order valence-electron chi connectivity index (χ0n) is 12.6. The Balaban J connectivity index is 2.34. The van der Waals surface area contributed by atoms with E-state index in [2.05, 4.69) is 19.2 Å². The minimum Gasteiger partial charge on any atom is -0.373 e. The van der Waals surface area contributed by atoms with E-state index in [4.69, 9.17) is 4.74 Å². The summed E-state index contributed by atoms with van der Waals surface area (Å²) in [6.45, 7) is 9.87. The summed E-state index contributed by atoms with van der Waals surface area (Å²) >= 11 is 0. The normalized spacial score (nSPS) is 25.9. The molecule has 0 aromatic carbocycles. The van der Waals surface area contributed by atoms with Crippen LogP contribution in [-0.2, 0) is 14.8 Å². The molecule has 0 aliphatic carbocycles. The second kappa shape index (κ2) is 7.57. The molecule has 0 aromatic rings. The third kappa shape index (κ3) is 6.21. The average Bonchev–Trinajstić information content (AvgIpc) is 2.26. The lowest BCUT2D eigenvalue weighted by Gasteiger charge is -2.34. The van der Waals surface area contributed by atoms with Crippen molar-refractivity contribution in [3.05, 3.63) is 0 Å². The van der Waals surface area contributed by atoms with E-state index in [9.17, 15) is 8.42 Å². The SMILES string of the molecule is CC(C)NCCCCS(=O)(=O)N1C[C@@H](C)O[C@@H](C)C1. The largest absolute Gasteiger partial charge is 0.373 e. The van der Waals surface area contributed by atoms with Crippen molar-refractivity contribution in [3.8, 4) is 0 Å². The molecule has 0 radical (unpaired) electrons. The molecule has 0 saturated carbocycles. The van der Waals surface area contributed by atoms with Crippen molar-refractivity contribution < 1.29 is 13.2 Å². The van der Waals surface area contributed by atoms with Crippen LogP contribution in [0.15, 0.2) is 0 Å². The molecule has 1 aliphatic rings. The molecule has 5 nitrogen and oxygen atoms in total. The molecular weight excluding hydrogens is 264 g/mol. The van der Waals surface area contributed by atoms with E-state index in [1.54, 1.807) is 4.31 Å². The quantitative estimate of drug-likeness (QED) is 0.717. The summed E-state index contributed by atoms with van der Waals surface area (Å²) in [5.41, 5.74) is 0. The van der Waals surface area contributed by atoms with Crippen molar-refractivity contribution in [2.75, 3.05) is 25.4 Å². The molecular formula is C13H28N2O3S. The fraction of sp³-hybridized carbons (Fsp3) is 1.00. The minimum atomic E-state index is -3.12. The third-order valence-corrected chi connectivity index (χ3v) is 5.05. The maximum absolute atomic E-state index is 12.2. The molecule has 114 valence electrons. The maximum atomic E-state index is 12.2. The third-order valence-electron chi connectivity index (χ3n) is 3.16. The number of ether oxygens (including phenoxy) is 1. The van der Waals surface area contributed by atoms with Crippen molar-refractivity contribution in [1.82, 2.24) is 9.62 Å². The van der Waals surface area contributed by atoms with Crippen LogP contribution in [-0.4, -0.2) is 56.4 Å². The highest BCUT2D eigenvalue weighted by Gasteiger charge is 2.30. The summed E-state index contributed by atoms with van der Waals surface area (Å²) < 4.78 is 31.6. The number of rotatable bonds is 7. The lowest BCUT2D eigenvalue weighted by Crippen LogP contribution is -2.48. The summed E-state index contributed by atoms with van der Waals surface area (Å²) in [6.07, 6.45) is 1.58. The smallest absolute Gasteiger partial charge is 0.214 e. The number of sulfonamides is 1. The Morgan fingerprint density at radius 3 is 2.32 bits per heavy atom. The summed E-state index contributed by atoms with van der Waals surface area (Å²) in [4.78, 5) is 0. The first-order valence-corrected chi connectivity index (χ1v) is 8.79. The van der Waals surface area contributed by atoms with Gasteiger partial charge in [-0.3, -0.25) is 0 Å². The van der Waals surface area contributed by atoms with Gasteiger partial charge >= 0.3 is 0 Å². The van der Waals surface area contributed by atoms with Gasteiger partial charge in [0.25, 0.3) is 0 Å². The summed E-state index contributed by atoms with van der Waals surface area (Å²) in [7, 11) is -3.12. The summed E-state index contributed by atoms with van der Waals surface area (Å²) in [5.74, 6) is 0.242. The minimum absolute atomic E-state index is 0.0128. The van der Waals surface area contributed by atoms with Gasteiger partial charge in [-0.2, -0.15) is 4.31 Å². The van der Waals surface area contributed by atoms with E-state index in [0.717, 1.165) is 13.0 Å². The monoisotopic (exact) mass is 292 g/mol. The number of nitrogens with zero attached hydrogens (tertiary/aromatic N) is 1. The Kier molecular flexibility index (Phi) is 6.73. The predicted molar refractivity (Wildman–Crippen MR) is 77.7 cm³/mol. The average molecular weight is 292 g/mol. The highest BCUT2D eigenvalue weighted by Crippen LogP contribution is 2.15. The van der Waals surface area contributed by atoms with Gasteiger partial charge in [0.15, 0.2) is 0 Å². The number of unbranched alkanes of at least 4 members (excludes halogenated alkanes) is 1. The van der Waals surface area contributed by atoms with Gasteiger partial charge in [0.05, 0.1) is 18.0 Å². The second-order valence-corrected chi connectivity index (χ2v) is 7.79. The number of hydrogen-bond acceptors (Lipinski definition) is 4. The van der Waals surface area contributed by atoms with Crippen molar-refractivity contribution in [2.24, 2.45) is 0 Å². The first-order chi connectivity index (χ1) is 8.81. The molecule has 0 amide bonds. The molecule has 19 heavy (non-hydrogen) atoms. The molecule has 6 heteroatoms. The maximum Gasteiger partial charge on any atom is 0.214 e. The van der Waals surface area contributed by atoms with E-state index in [-0.39, 0.29) is 18.0 Å². The molecule has 0 unspecified atom stereocenters. The number of nitrogens with one attached hydrogen (secondary N) is 1. The van der Waals surface area contributed by atoms with E-state index in [1.807, 2.05) is 13.8 Å². The number of morpholine rings is 1. The van der Waals surface area contributed by atoms with E-state index >= 15 is 0 Å². The predicted octanol–water partition coefficient (Wildman–Crippen LogP) is 1.20. The van der Waals surface area contributed by atoms with E-state index in [0.29, 0.717) is 25.6 Å². The van der Waals surface area contributed by atoms with Crippen LogP contribution < -0.4 is 5.32 Å². The molecule has 1 saturated heterocycles. The molecule has 2 atom stereocenters. The Bertz CT molecular complexity index is 347. The van der Waals surface area contributed by atoms with Crippen molar-refractivity contribution >= 4 is 10.0 Å². The molecule has 1 aliphatic heterocycles. The van der Waals surface area contributed by atoms with Crippen molar-refractivity contribution in [2.45, 2.75) is 58.8 Å². The zero-order chi connectivity index (χ0) is 14.5. The lowest BCUT2D eigenvalue weighted by molar-refractivity contribution is -0.0440. The lowest BCUT2D eigenvalue weighted by atomic mass is 10.3. The first kappa shape index (κ1) is 16.9. The van der Waals surface area contributed by atoms with Crippen LogP contribution >= 0.6 is 0 Å². The van der Waals surface area contributed by atoms with Gasteiger partial charge in [-0.25, -0.2) is 8.42 Å². The summed E-state index contributed by atoms with van der Waals surface area (Å²) in [6, 6.07) is 0.456. The Labute approximate surface area is 117 Å². The molecule has 0 spiro atoms. The number of hydrogen-bond donors (Lipinski definition) is 1. The first-order valence-electron chi connectivity index (χ1n) is 7.18. The van der Waals surface area contributed by atoms with Crippen molar-refractivity contribution in [3.63, 3.8) is 0 Å². The van der Waals surface area contributed by atoms with Crippen LogP contribution in [0.5, 0.6) is 0 Å². The van der Waals surface area contributed by atoms with Crippen LogP contribution in [0.25, 0.3) is 0 Å². The van der Waals surface area contributed by atoms with Gasteiger partial charge in [0.1, 0.15) is 0 Å². The standard InChI is InChI=1S/C13H28N2O3S/c1-11(2)14-7-5-6-8-19(16,17)15-9-12(3)18-13(4)10-15/h11-14H,5-10H2,1-4H3/t12-,13+. The van der Waals surface area contributed by atoms with E-state index < -0.39 is 10.0 Å². The Morgan fingerprint density at radius 1 is 1.21 bits per heavy atom. The van der Waals surface area contributed by atoms with Crippen LogP contribution in [0.2, 0.25) is 0 Å². The fourth-order valence-electron chi connectivity index (χ4n) is 2.29. The Morgan fingerprint density at radius 2 is 1.79 bits per heavy atom. The summed E-state index contributed by atoms with van der Waals surface area (Å²) in [5, 5.41) is 3.30. The molecule has 1 N–H and O–H groups in total. The van der Waals surface area contributed by atoms with Crippen LogP contribution in [0.4, 0.5) is 0 Å². The fourth-order valence-corrected chi connectivity index (χ4v) is 3.99. The highest BCUT2D eigenvalue weighted by molar-refractivity contribution is 7.89. The highest BCUT2D eigenvalue weighted by atomic mass is 32.2. The van der Waals surface area contributed by atoms with Gasteiger partial charge < -0.3 is 10.1 Å². The molecule has 0 aromatic heterocycles.